The molecule has 8 heteroatoms. The summed E-state index contributed by atoms with van der Waals surface area (Å²) >= 11 is 7.64. The van der Waals surface area contributed by atoms with Crippen LogP contribution in [0, 0.1) is 11.3 Å². The molecule has 2 aliphatic rings. The van der Waals surface area contributed by atoms with E-state index < -0.39 is 0 Å². The number of anilines is 2. The average molecular weight is 405 g/mol. The van der Waals surface area contributed by atoms with Crippen molar-refractivity contribution in [2.45, 2.75) is 48.6 Å². The summed E-state index contributed by atoms with van der Waals surface area (Å²) in [6, 6.07) is 2.16. The van der Waals surface area contributed by atoms with Crippen molar-refractivity contribution < 1.29 is 0 Å². The van der Waals surface area contributed by atoms with Gasteiger partial charge in [0.15, 0.2) is 0 Å². The van der Waals surface area contributed by atoms with E-state index in [1.807, 2.05) is 12.3 Å². The van der Waals surface area contributed by atoms with Crippen LogP contribution in [0.25, 0.3) is 0 Å². The fourth-order valence-corrected chi connectivity index (χ4v) is 5.37. The summed E-state index contributed by atoms with van der Waals surface area (Å²) < 4.78 is 0. The van der Waals surface area contributed by atoms with Gasteiger partial charge >= 0.3 is 0 Å². The SMILES string of the molecule is C[C@@H]1CCC2(CCN(c3cnc(Sc4ccnc(N)c4Cl)cn3)CC2)[C@@H]1N. The van der Waals surface area contributed by atoms with Crippen molar-refractivity contribution in [2.24, 2.45) is 17.1 Å². The Morgan fingerprint density at radius 2 is 1.96 bits per heavy atom. The molecule has 0 amide bonds. The number of nitrogen functional groups attached to an aromatic ring is 1. The smallest absolute Gasteiger partial charge is 0.147 e. The van der Waals surface area contributed by atoms with Crippen LogP contribution in [0.1, 0.15) is 32.6 Å². The molecule has 4 N–H and O–H groups in total. The third kappa shape index (κ3) is 3.60. The quantitative estimate of drug-likeness (QED) is 0.806. The van der Waals surface area contributed by atoms with Crippen molar-refractivity contribution in [3.63, 3.8) is 0 Å². The summed E-state index contributed by atoms with van der Waals surface area (Å²) in [4.78, 5) is 16.3. The lowest BCUT2D eigenvalue weighted by Crippen LogP contribution is -2.48. The molecule has 4 rings (SSSR count). The van der Waals surface area contributed by atoms with Gasteiger partial charge in [-0.25, -0.2) is 15.0 Å². The Morgan fingerprint density at radius 1 is 1.19 bits per heavy atom. The first-order valence-corrected chi connectivity index (χ1v) is 10.6. The summed E-state index contributed by atoms with van der Waals surface area (Å²) in [5.74, 6) is 1.89. The van der Waals surface area contributed by atoms with Crippen LogP contribution in [-0.2, 0) is 0 Å². The summed E-state index contributed by atoms with van der Waals surface area (Å²) in [6.45, 7) is 4.28. The van der Waals surface area contributed by atoms with E-state index in [9.17, 15) is 0 Å². The van der Waals surface area contributed by atoms with Crippen LogP contribution in [0.15, 0.2) is 34.6 Å². The first-order chi connectivity index (χ1) is 13.0. The number of piperidine rings is 1. The third-order valence-corrected chi connectivity index (χ3v) is 7.70. The van der Waals surface area contributed by atoms with E-state index in [4.69, 9.17) is 23.1 Å². The van der Waals surface area contributed by atoms with Gasteiger partial charge in [-0.05, 0) is 43.1 Å². The van der Waals surface area contributed by atoms with Crippen molar-refractivity contribution in [3.05, 3.63) is 29.7 Å². The van der Waals surface area contributed by atoms with Gasteiger partial charge in [-0.15, -0.1) is 0 Å². The van der Waals surface area contributed by atoms with Crippen LogP contribution in [0.4, 0.5) is 11.6 Å². The summed E-state index contributed by atoms with van der Waals surface area (Å²) in [5, 5.41) is 1.24. The lowest BCUT2D eigenvalue weighted by molar-refractivity contribution is 0.186. The number of nitrogens with zero attached hydrogens (tertiary/aromatic N) is 4. The predicted molar refractivity (Wildman–Crippen MR) is 110 cm³/mol. The van der Waals surface area contributed by atoms with Gasteiger partial charge in [-0.2, -0.15) is 0 Å². The van der Waals surface area contributed by atoms with E-state index in [1.54, 1.807) is 12.4 Å². The van der Waals surface area contributed by atoms with E-state index in [0.717, 1.165) is 41.7 Å². The van der Waals surface area contributed by atoms with Gasteiger partial charge in [0.1, 0.15) is 16.7 Å². The Balaban J connectivity index is 1.41. The minimum absolute atomic E-state index is 0.327. The van der Waals surface area contributed by atoms with Gasteiger partial charge in [-0.3, -0.25) is 0 Å². The summed E-state index contributed by atoms with van der Waals surface area (Å²) in [6.07, 6.45) is 10.1. The summed E-state index contributed by atoms with van der Waals surface area (Å²) in [7, 11) is 0. The first-order valence-electron chi connectivity index (χ1n) is 9.39. The molecule has 1 spiro atoms. The molecule has 0 bridgehead atoms. The zero-order valence-electron chi connectivity index (χ0n) is 15.4. The highest BCUT2D eigenvalue weighted by Crippen LogP contribution is 2.48. The Hall–Kier alpha value is -1.57. The van der Waals surface area contributed by atoms with Crippen molar-refractivity contribution in [2.75, 3.05) is 23.7 Å². The van der Waals surface area contributed by atoms with Gasteiger partial charge < -0.3 is 16.4 Å². The maximum atomic E-state index is 6.51. The fraction of sp³-hybridized carbons (Fsp3) is 0.526. The maximum absolute atomic E-state index is 6.51. The predicted octanol–water partition coefficient (Wildman–Crippen LogP) is 3.60. The van der Waals surface area contributed by atoms with Gasteiger partial charge in [-0.1, -0.05) is 30.3 Å². The molecule has 6 nitrogen and oxygen atoms in total. The highest BCUT2D eigenvalue weighted by Gasteiger charge is 2.46. The van der Waals surface area contributed by atoms with Crippen LogP contribution < -0.4 is 16.4 Å². The van der Waals surface area contributed by atoms with E-state index in [0.29, 0.717) is 28.2 Å². The van der Waals surface area contributed by atoms with Crippen molar-refractivity contribution in [1.82, 2.24) is 15.0 Å². The standard InChI is InChI=1S/C19H25ClN6S/c1-12-2-4-19(17(12)21)5-8-26(9-6-19)14-10-25-15(11-24-14)27-13-3-7-23-18(22)16(13)20/h3,7,10-12,17H,2,4-6,8-9,21H2,1H3,(H2,22,23)/t12-,17-/m1/s1. The number of rotatable bonds is 3. The van der Waals surface area contributed by atoms with Crippen molar-refractivity contribution in [3.8, 4) is 0 Å². The molecule has 1 aliphatic heterocycles. The molecule has 2 aromatic heterocycles. The van der Waals surface area contributed by atoms with Crippen molar-refractivity contribution in [1.29, 1.82) is 0 Å². The number of aromatic nitrogens is 3. The highest BCUT2D eigenvalue weighted by molar-refractivity contribution is 7.99. The van der Waals surface area contributed by atoms with Gasteiger partial charge in [0.2, 0.25) is 0 Å². The lowest BCUT2D eigenvalue weighted by atomic mass is 9.73. The van der Waals surface area contributed by atoms with Crippen LogP contribution >= 0.6 is 23.4 Å². The minimum Gasteiger partial charge on any atom is -0.382 e. The molecule has 0 aromatic carbocycles. The molecule has 1 saturated heterocycles. The maximum Gasteiger partial charge on any atom is 0.147 e. The molecular weight excluding hydrogens is 380 g/mol. The summed E-state index contributed by atoms with van der Waals surface area (Å²) in [5.41, 5.74) is 12.6. The third-order valence-electron chi connectivity index (χ3n) is 6.21. The minimum atomic E-state index is 0.327. The average Bonchev–Trinajstić information content (AvgIpc) is 2.95. The lowest BCUT2D eigenvalue weighted by Gasteiger charge is -2.43. The molecule has 1 aliphatic carbocycles. The number of nitrogens with two attached hydrogens (primary N) is 2. The van der Waals surface area contributed by atoms with E-state index >= 15 is 0 Å². The molecule has 2 atom stereocenters. The highest BCUT2D eigenvalue weighted by atomic mass is 35.5. The molecule has 0 radical (unpaired) electrons. The largest absolute Gasteiger partial charge is 0.382 e. The monoisotopic (exact) mass is 404 g/mol. The molecule has 0 unspecified atom stereocenters. The fourth-order valence-electron chi connectivity index (χ4n) is 4.39. The first kappa shape index (κ1) is 18.8. The molecule has 144 valence electrons. The molecular formula is C19H25ClN6S. The topological polar surface area (TPSA) is 94.0 Å². The second kappa shape index (κ2) is 7.45. The van der Waals surface area contributed by atoms with Crippen LogP contribution in [-0.4, -0.2) is 34.1 Å². The van der Waals surface area contributed by atoms with E-state index in [2.05, 4.69) is 26.8 Å². The number of hydrogen-bond donors (Lipinski definition) is 2. The molecule has 2 fully saturated rings. The van der Waals surface area contributed by atoms with Crippen LogP contribution in [0.2, 0.25) is 5.02 Å². The molecule has 27 heavy (non-hydrogen) atoms. The van der Waals surface area contributed by atoms with Gasteiger partial charge in [0.05, 0.1) is 17.4 Å². The van der Waals surface area contributed by atoms with Gasteiger partial charge in [0, 0.05) is 30.2 Å². The van der Waals surface area contributed by atoms with Crippen LogP contribution in [0.3, 0.4) is 0 Å². The Morgan fingerprint density at radius 3 is 2.59 bits per heavy atom. The Kier molecular flexibility index (Phi) is 5.18. The second-order valence-electron chi connectivity index (χ2n) is 7.71. The Labute approximate surface area is 169 Å². The number of hydrogen-bond acceptors (Lipinski definition) is 7. The van der Waals surface area contributed by atoms with Gasteiger partial charge in [0.25, 0.3) is 0 Å². The molecule has 3 heterocycles. The zero-order chi connectivity index (χ0) is 19.0. The second-order valence-corrected chi connectivity index (χ2v) is 9.15. The van der Waals surface area contributed by atoms with E-state index in [-0.39, 0.29) is 0 Å². The molecule has 2 aromatic rings. The number of halogens is 1. The van der Waals surface area contributed by atoms with E-state index in [1.165, 1.54) is 24.6 Å². The van der Waals surface area contributed by atoms with Crippen molar-refractivity contribution >= 4 is 35.0 Å². The number of pyridine rings is 1. The zero-order valence-corrected chi connectivity index (χ0v) is 17.0. The normalized spacial score (nSPS) is 24.5. The Bertz CT molecular complexity index is 806. The van der Waals surface area contributed by atoms with Crippen LogP contribution in [0.5, 0.6) is 0 Å². The molecule has 1 saturated carbocycles.